The first-order valence-electron chi connectivity index (χ1n) is 4.84. The summed E-state index contributed by atoms with van der Waals surface area (Å²) in [6, 6.07) is 6.98. The lowest BCUT2D eigenvalue weighted by Gasteiger charge is -2.02. The maximum Gasteiger partial charge on any atom is 0.201 e. The second-order valence-electron chi connectivity index (χ2n) is 3.33. The SMILES string of the molecule is N#C/C(=N\Nc1cccc2n[nH]c(Cl)c12)C(=N)N. The number of hydrogen-bond acceptors (Lipinski definition) is 5. The smallest absolute Gasteiger partial charge is 0.201 e. The molecular formula is C10H8ClN7. The fraction of sp³-hybridized carbons (Fsp3) is 0. The van der Waals surface area contributed by atoms with Crippen LogP contribution in [0.1, 0.15) is 0 Å². The number of aromatic nitrogens is 2. The molecule has 2 aromatic rings. The van der Waals surface area contributed by atoms with Crippen LogP contribution < -0.4 is 11.2 Å². The van der Waals surface area contributed by atoms with Crippen molar-refractivity contribution >= 4 is 39.7 Å². The van der Waals surface area contributed by atoms with Crippen LogP contribution >= 0.6 is 11.6 Å². The first-order valence-corrected chi connectivity index (χ1v) is 5.22. The number of halogens is 1. The average molecular weight is 262 g/mol. The van der Waals surface area contributed by atoms with Crippen molar-refractivity contribution in [1.29, 1.82) is 10.7 Å². The molecule has 0 unspecified atom stereocenters. The van der Waals surface area contributed by atoms with Crippen LogP contribution in [0.2, 0.25) is 5.15 Å². The number of hydrazone groups is 1. The van der Waals surface area contributed by atoms with Crippen LogP contribution in [-0.2, 0) is 0 Å². The summed E-state index contributed by atoms with van der Waals surface area (Å²) in [6.07, 6.45) is 0. The van der Waals surface area contributed by atoms with Gasteiger partial charge in [-0.05, 0) is 12.1 Å². The highest BCUT2D eigenvalue weighted by Gasteiger charge is 2.08. The third-order valence-corrected chi connectivity index (χ3v) is 2.46. The van der Waals surface area contributed by atoms with Gasteiger partial charge >= 0.3 is 0 Å². The molecule has 18 heavy (non-hydrogen) atoms. The van der Waals surface area contributed by atoms with E-state index in [0.29, 0.717) is 21.7 Å². The molecule has 1 aromatic heterocycles. The van der Waals surface area contributed by atoms with E-state index in [9.17, 15) is 0 Å². The number of benzene rings is 1. The number of nitrogens with two attached hydrogens (primary N) is 1. The van der Waals surface area contributed by atoms with Crippen LogP contribution in [0.5, 0.6) is 0 Å². The second kappa shape index (κ2) is 4.73. The molecule has 0 radical (unpaired) electrons. The van der Waals surface area contributed by atoms with Crippen molar-refractivity contribution in [2.75, 3.05) is 5.43 Å². The van der Waals surface area contributed by atoms with E-state index < -0.39 is 5.84 Å². The number of nitrogens with zero attached hydrogens (tertiary/aromatic N) is 3. The molecule has 0 spiro atoms. The number of rotatable bonds is 3. The average Bonchev–Trinajstić information content (AvgIpc) is 2.72. The summed E-state index contributed by atoms with van der Waals surface area (Å²) in [7, 11) is 0. The minimum Gasteiger partial charge on any atom is -0.382 e. The van der Waals surface area contributed by atoms with Crippen molar-refractivity contribution in [2.24, 2.45) is 10.8 Å². The zero-order valence-corrected chi connectivity index (χ0v) is 9.78. The zero-order chi connectivity index (χ0) is 13.1. The number of nitriles is 1. The van der Waals surface area contributed by atoms with Gasteiger partial charge < -0.3 is 5.73 Å². The molecule has 2 rings (SSSR count). The molecule has 1 aromatic carbocycles. The van der Waals surface area contributed by atoms with Gasteiger partial charge in [-0.15, -0.1) is 0 Å². The van der Waals surface area contributed by atoms with Crippen LogP contribution in [0, 0.1) is 16.7 Å². The van der Waals surface area contributed by atoms with E-state index in [1.807, 2.05) is 0 Å². The highest BCUT2D eigenvalue weighted by atomic mass is 35.5. The minimum atomic E-state index is -0.407. The Hall–Kier alpha value is -2.59. The van der Waals surface area contributed by atoms with Crippen LogP contribution in [0.15, 0.2) is 23.3 Å². The number of nitrogens with one attached hydrogen (secondary N) is 3. The Morgan fingerprint density at radius 3 is 3.06 bits per heavy atom. The van der Waals surface area contributed by atoms with E-state index in [0.717, 1.165) is 0 Å². The molecule has 0 saturated heterocycles. The van der Waals surface area contributed by atoms with Gasteiger partial charge in [0, 0.05) is 0 Å². The van der Waals surface area contributed by atoms with Crippen LogP contribution in [0.3, 0.4) is 0 Å². The molecule has 90 valence electrons. The first-order chi connectivity index (χ1) is 8.63. The van der Waals surface area contributed by atoms with Gasteiger partial charge in [0.15, 0.2) is 5.84 Å². The summed E-state index contributed by atoms with van der Waals surface area (Å²) in [5.74, 6) is -0.407. The van der Waals surface area contributed by atoms with E-state index in [-0.39, 0.29) is 5.71 Å². The number of fused-ring (bicyclic) bond motifs is 1. The van der Waals surface area contributed by atoms with Gasteiger partial charge in [0.25, 0.3) is 0 Å². The topological polar surface area (TPSA) is 127 Å². The predicted octanol–water partition coefficient (Wildman–Crippen LogP) is 1.44. The highest BCUT2D eigenvalue weighted by molar-refractivity contribution is 6.46. The van der Waals surface area contributed by atoms with E-state index in [1.54, 1.807) is 24.3 Å². The summed E-state index contributed by atoms with van der Waals surface area (Å²) >= 11 is 5.95. The van der Waals surface area contributed by atoms with Crippen LogP contribution in [0.4, 0.5) is 5.69 Å². The summed E-state index contributed by atoms with van der Waals surface area (Å²) in [4.78, 5) is 0. The molecule has 0 saturated carbocycles. The van der Waals surface area contributed by atoms with Crippen molar-refractivity contribution in [3.8, 4) is 6.07 Å². The lowest BCUT2D eigenvalue weighted by atomic mass is 10.2. The summed E-state index contributed by atoms with van der Waals surface area (Å²) in [6.45, 7) is 0. The van der Waals surface area contributed by atoms with Gasteiger partial charge in [-0.1, -0.05) is 17.7 Å². The zero-order valence-electron chi connectivity index (χ0n) is 9.03. The van der Waals surface area contributed by atoms with Crippen molar-refractivity contribution in [1.82, 2.24) is 10.2 Å². The van der Waals surface area contributed by atoms with Gasteiger partial charge in [0.05, 0.1) is 16.6 Å². The van der Waals surface area contributed by atoms with Gasteiger partial charge in [-0.2, -0.15) is 15.5 Å². The van der Waals surface area contributed by atoms with Gasteiger partial charge in [0.2, 0.25) is 5.71 Å². The lowest BCUT2D eigenvalue weighted by Crippen LogP contribution is -2.21. The fourth-order valence-corrected chi connectivity index (χ4v) is 1.62. The molecule has 0 aliphatic rings. The molecule has 0 bridgehead atoms. The summed E-state index contributed by atoms with van der Waals surface area (Å²) < 4.78 is 0. The quantitative estimate of drug-likeness (QED) is 0.379. The molecule has 0 amide bonds. The number of amidine groups is 1. The van der Waals surface area contributed by atoms with Crippen molar-refractivity contribution < 1.29 is 0 Å². The Morgan fingerprint density at radius 2 is 2.39 bits per heavy atom. The predicted molar refractivity (Wildman–Crippen MR) is 69.7 cm³/mol. The highest BCUT2D eigenvalue weighted by Crippen LogP contribution is 2.28. The molecule has 0 fully saturated rings. The molecule has 1 heterocycles. The monoisotopic (exact) mass is 261 g/mol. The standard InChI is InChI=1S/C10H8ClN7/c11-9-8-5(2-1-3-6(8)16-18-9)15-17-7(4-12)10(13)14/h1-3,15H,(H3,13,14)(H,16,18)/b17-7+. The molecular weight excluding hydrogens is 254 g/mol. The van der Waals surface area contributed by atoms with Crippen molar-refractivity contribution in [3.05, 3.63) is 23.4 Å². The first kappa shape index (κ1) is 11.9. The number of hydrogen-bond donors (Lipinski definition) is 4. The van der Waals surface area contributed by atoms with Gasteiger partial charge in [-0.25, -0.2) is 0 Å². The Kier molecular flexibility index (Phi) is 3.12. The molecule has 0 aliphatic carbocycles. The van der Waals surface area contributed by atoms with E-state index in [2.05, 4.69) is 20.7 Å². The largest absolute Gasteiger partial charge is 0.382 e. The summed E-state index contributed by atoms with van der Waals surface area (Å²) in [5.41, 5.74) is 8.86. The van der Waals surface area contributed by atoms with Gasteiger partial charge in [0.1, 0.15) is 11.2 Å². The Morgan fingerprint density at radius 1 is 1.61 bits per heavy atom. The molecule has 0 aliphatic heterocycles. The third kappa shape index (κ3) is 2.09. The van der Waals surface area contributed by atoms with E-state index in [4.69, 9.17) is 28.0 Å². The number of aromatic amines is 1. The Labute approximate surface area is 107 Å². The molecule has 5 N–H and O–H groups in total. The second-order valence-corrected chi connectivity index (χ2v) is 3.71. The van der Waals surface area contributed by atoms with Gasteiger partial charge in [-0.3, -0.25) is 15.9 Å². The maximum absolute atomic E-state index is 8.72. The van der Waals surface area contributed by atoms with Crippen LogP contribution in [-0.4, -0.2) is 21.7 Å². The maximum atomic E-state index is 8.72. The molecule has 0 atom stereocenters. The Balaban J connectivity index is 2.41. The van der Waals surface area contributed by atoms with E-state index >= 15 is 0 Å². The number of H-pyrrole nitrogens is 1. The Bertz CT molecular complexity index is 679. The summed E-state index contributed by atoms with van der Waals surface area (Å²) in [5, 5.41) is 27.2. The van der Waals surface area contributed by atoms with Crippen LogP contribution in [0.25, 0.3) is 10.9 Å². The van der Waals surface area contributed by atoms with E-state index in [1.165, 1.54) is 0 Å². The van der Waals surface area contributed by atoms with Crippen molar-refractivity contribution in [2.45, 2.75) is 0 Å². The molecule has 7 nitrogen and oxygen atoms in total. The fourth-order valence-electron chi connectivity index (χ4n) is 1.38. The normalized spacial score (nSPS) is 11.2. The number of anilines is 1. The third-order valence-electron chi connectivity index (χ3n) is 2.19. The lowest BCUT2D eigenvalue weighted by molar-refractivity contribution is 1.12. The van der Waals surface area contributed by atoms with Crippen molar-refractivity contribution in [3.63, 3.8) is 0 Å². The molecule has 8 heteroatoms. The minimum absolute atomic E-state index is 0.202.